The molecule has 4 heterocycles. The molecule has 0 bridgehead atoms. The van der Waals surface area contributed by atoms with Crippen LogP contribution in [0.3, 0.4) is 0 Å². The van der Waals surface area contributed by atoms with Crippen LogP contribution in [0.25, 0.3) is 0 Å². The average molecular weight is 329 g/mol. The summed E-state index contributed by atoms with van der Waals surface area (Å²) in [7, 11) is 0. The van der Waals surface area contributed by atoms with E-state index < -0.39 is 0 Å². The predicted octanol–water partition coefficient (Wildman–Crippen LogP) is 1.87. The van der Waals surface area contributed by atoms with Gasteiger partial charge in [0, 0.05) is 43.6 Å². The summed E-state index contributed by atoms with van der Waals surface area (Å²) in [5, 5.41) is 6.87. The van der Waals surface area contributed by atoms with Crippen molar-refractivity contribution in [1.29, 1.82) is 0 Å². The Morgan fingerprint density at radius 1 is 1.46 bits per heavy atom. The molecule has 2 aliphatic rings. The number of amides is 2. The molecule has 2 aromatic heterocycles. The fourth-order valence-corrected chi connectivity index (χ4v) is 3.15. The number of likely N-dealkylation sites (tertiary alicyclic amines) is 1. The number of ether oxygens (including phenoxy) is 1. The van der Waals surface area contributed by atoms with Crippen molar-refractivity contribution in [3.63, 3.8) is 0 Å². The Labute approximate surface area is 139 Å². The second-order valence-electron chi connectivity index (χ2n) is 6.17. The minimum atomic E-state index is -0.129. The Kier molecular flexibility index (Phi) is 3.89. The van der Waals surface area contributed by atoms with Gasteiger partial charge in [-0.1, -0.05) is 5.16 Å². The lowest BCUT2D eigenvalue weighted by Gasteiger charge is -2.19. The average Bonchev–Trinajstić information content (AvgIpc) is 3.23. The van der Waals surface area contributed by atoms with E-state index in [2.05, 4.69) is 20.4 Å². The number of carbonyl (C=O) groups excluding carboxylic acids is 1. The molecule has 0 saturated carbocycles. The Balaban J connectivity index is 1.40. The van der Waals surface area contributed by atoms with Crippen LogP contribution in [0.4, 0.5) is 10.5 Å². The zero-order chi connectivity index (χ0) is 16.5. The predicted molar refractivity (Wildman–Crippen MR) is 84.6 cm³/mol. The summed E-state index contributed by atoms with van der Waals surface area (Å²) in [4.78, 5) is 22.9. The van der Waals surface area contributed by atoms with Crippen LogP contribution in [0.2, 0.25) is 0 Å². The molecule has 1 N–H and O–H groups in total. The first kappa shape index (κ1) is 15.1. The summed E-state index contributed by atoms with van der Waals surface area (Å²) in [6.07, 6.45) is 3.36. The highest BCUT2D eigenvalue weighted by molar-refractivity contribution is 5.89. The first-order valence-electron chi connectivity index (χ1n) is 8.11. The number of hydrogen-bond donors (Lipinski definition) is 1. The van der Waals surface area contributed by atoms with Crippen molar-refractivity contribution in [3.05, 3.63) is 35.2 Å². The third-order valence-electron chi connectivity index (χ3n) is 4.44. The molecule has 0 radical (unpaired) electrons. The second kappa shape index (κ2) is 6.20. The number of aromatic nitrogens is 3. The van der Waals surface area contributed by atoms with Gasteiger partial charge in [-0.2, -0.15) is 4.98 Å². The minimum absolute atomic E-state index is 0.128. The number of urea groups is 1. The second-order valence-corrected chi connectivity index (χ2v) is 6.17. The van der Waals surface area contributed by atoms with Crippen molar-refractivity contribution < 1.29 is 14.1 Å². The van der Waals surface area contributed by atoms with Crippen molar-refractivity contribution in [1.82, 2.24) is 20.0 Å². The Morgan fingerprint density at radius 2 is 2.38 bits per heavy atom. The van der Waals surface area contributed by atoms with Gasteiger partial charge < -0.3 is 19.5 Å². The highest BCUT2D eigenvalue weighted by atomic mass is 16.5. The van der Waals surface area contributed by atoms with E-state index in [0.717, 1.165) is 24.1 Å². The summed E-state index contributed by atoms with van der Waals surface area (Å²) in [5.74, 6) is 1.36. The third kappa shape index (κ3) is 2.96. The number of anilines is 1. The molecule has 2 aromatic rings. The molecule has 2 amide bonds. The number of fused-ring (bicyclic) bond motifs is 1. The van der Waals surface area contributed by atoms with Gasteiger partial charge in [-0.05, 0) is 12.5 Å². The number of pyridine rings is 1. The molecule has 24 heavy (non-hydrogen) atoms. The molecule has 0 aliphatic carbocycles. The summed E-state index contributed by atoms with van der Waals surface area (Å²) >= 11 is 0. The van der Waals surface area contributed by atoms with Crippen molar-refractivity contribution in [3.8, 4) is 0 Å². The first-order chi connectivity index (χ1) is 11.7. The van der Waals surface area contributed by atoms with Gasteiger partial charge in [0.15, 0.2) is 5.82 Å². The van der Waals surface area contributed by atoms with Gasteiger partial charge in [-0.3, -0.25) is 4.98 Å². The van der Waals surface area contributed by atoms with E-state index in [9.17, 15) is 4.79 Å². The van der Waals surface area contributed by atoms with E-state index in [0.29, 0.717) is 43.7 Å². The van der Waals surface area contributed by atoms with Crippen LogP contribution in [0.15, 0.2) is 16.8 Å². The molecule has 8 heteroatoms. The maximum Gasteiger partial charge on any atom is 0.321 e. The molecule has 2 aliphatic heterocycles. The lowest BCUT2D eigenvalue weighted by molar-refractivity contribution is 0.109. The van der Waals surface area contributed by atoms with Crippen LogP contribution in [0, 0.1) is 6.92 Å². The van der Waals surface area contributed by atoms with Crippen LogP contribution >= 0.6 is 0 Å². The summed E-state index contributed by atoms with van der Waals surface area (Å²) in [5.41, 5.74) is 2.79. The van der Waals surface area contributed by atoms with Crippen LogP contribution < -0.4 is 5.32 Å². The normalized spacial score (nSPS) is 20.0. The van der Waals surface area contributed by atoms with Gasteiger partial charge in [0.05, 0.1) is 25.1 Å². The standard InChI is InChI=1S/C16H19N5O3/c1-10-18-15(20-24-10)11-2-4-21(8-11)16(22)19-13-6-12-9-23-5-3-14(12)17-7-13/h6-7,11H,2-5,8-9H2,1H3,(H,19,22). The van der Waals surface area contributed by atoms with Crippen molar-refractivity contribution in [2.45, 2.75) is 32.3 Å². The van der Waals surface area contributed by atoms with E-state index in [1.807, 2.05) is 6.07 Å². The van der Waals surface area contributed by atoms with Crippen LogP contribution in [0.5, 0.6) is 0 Å². The molecule has 126 valence electrons. The van der Waals surface area contributed by atoms with E-state index in [1.54, 1.807) is 18.0 Å². The van der Waals surface area contributed by atoms with Crippen molar-refractivity contribution in [2.24, 2.45) is 0 Å². The van der Waals surface area contributed by atoms with Crippen molar-refractivity contribution in [2.75, 3.05) is 25.0 Å². The topological polar surface area (TPSA) is 93.4 Å². The number of nitrogens with zero attached hydrogens (tertiary/aromatic N) is 4. The fraction of sp³-hybridized carbons (Fsp3) is 0.500. The summed E-state index contributed by atoms with van der Waals surface area (Å²) < 4.78 is 10.5. The number of aryl methyl sites for hydroxylation is 1. The summed E-state index contributed by atoms with van der Waals surface area (Å²) in [6, 6.07) is 1.81. The Bertz CT molecular complexity index is 760. The maximum atomic E-state index is 12.5. The quantitative estimate of drug-likeness (QED) is 0.904. The zero-order valence-electron chi connectivity index (χ0n) is 13.5. The largest absolute Gasteiger partial charge is 0.376 e. The number of nitrogens with one attached hydrogen (secondary N) is 1. The molecule has 0 aromatic carbocycles. The SMILES string of the molecule is Cc1nc(C2CCN(C(=O)Nc3cnc4c(c3)COCC4)C2)no1. The minimum Gasteiger partial charge on any atom is -0.376 e. The number of carbonyl (C=O) groups is 1. The van der Waals surface area contributed by atoms with Gasteiger partial charge in [0.1, 0.15) is 0 Å². The highest BCUT2D eigenvalue weighted by Crippen LogP contribution is 2.26. The highest BCUT2D eigenvalue weighted by Gasteiger charge is 2.30. The molecule has 1 saturated heterocycles. The van der Waals surface area contributed by atoms with Gasteiger partial charge in [-0.25, -0.2) is 4.79 Å². The number of rotatable bonds is 2. The van der Waals surface area contributed by atoms with Gasteiger partial charge in [0.25, 0.3) is 0 Å². The fourth-order valence-electron chi connectivity index (χ4n) is 3.15. The maximum absolute atomic E-state index is 12.5. The van der Waals surface area contributed by atoms with E-state index in [-0.39, 0.29) is 11.9 Å². The lowest BCUT2D eigenvalue weighted by Crippen LogP contribution is -2.33. The monoisotopic (exact) mass is 329 g/mol. The number of hydrogen-bond acceptors (Lipinski definition) is 6. The molecule has 1 unspecified atom stereocenters. The van der Waals surface area contributed by atoms with E-state index >= 15 is 0 Å². The van der Waals surface area contributed by atoms with Gasteiger partial charge in [-0.15, -0.1) is 0 Å². The van der Waals surface area contributed by atoms with Crippen molar-refractivity contribution >= 4 is 11.7 Å². The van der Waals surface area contributed by atoms with E-state index in [4.69, 9.17) is 9.26 Å². The zero-order valence-corrected chi connectivity index (χ0v) is 13.5. The van der Waals surface area contributed by atoms with Gasteiger partial charge in [0.2, 0.25) is 5.89 Å². The molecule has 1 fully saturated rings. The Morgan fingerprint density at radius 3 is 3.21 bits per heavy atom. The van der Waals surface area contributed by atoms with Crippen LogP contribution in [0.1, 0.15) is 35.3 Å². The third-order valence-corrected chi connectivity index (χ3v) is 4.44. The van der Waals surface area contributed by atoms with Crippen LogP contribution in [-0.4, -0.2) is 45.8 Å². The molecular weight excluding hydrogens is 310 g/mol. The van der Waals surface area contributed by atoms with E-state index in [1.165, 1.54) is 0 Å². The molecule has 0 spiro atoms. The smallest absolute Gasteiger partial charge is 0.321 e. The van der Waals surface area contributed by atoms with Crippen LogP contribution in [-0.2, 0) is 17.8 Å². The molecular formula is C16H19N5O3. The lowest BCUT2D eigenvalue weighted by atomic mass is 10.1. The molecule has 4 rings (SSSR count). The Hall–Kier alpha value is -2.48. The first-order valence-corrected chi connectivity index (χ1v) is 8.11. The summed E-state index contributed by atoms with van der Waals surface area (Å²) in [6.45, 7) is 4.28. The molecule has 8 nitrogen and oxygen atoms in total. The molecule has 1 atom stereocenters. The van der Waals surface area contributed by atoms with Gasteiger partial charge >= 0.3 is 6.03 Å².